The Balaban J connectivity index is 3.22. The van der Waals surface area contributed by atoms with Gasteiger partial charge in [0.05, 0.1) is 0 Å². The van der Waals surface area contributed by atoms with Crippen molar-refractivity contribution < 1.29 is 4.79 Å². The Bertz CT molecular complexity index is 318. The Morgan fingerprint density at radius 3 is 2.36 bits per heavy atom. The molecule has 0 heterocycles. The largest absolute Gasteiger partial charge is 0.295 e. The summed E-state index contributed by atoms with van der Waals surface area (Å²) in [7, 11) is 0. The van der Waals surface area contributed by atoms with Crippen molar-refractivity contribution in [2.45, 2.75) is 41.0 Å². The fourth-order valence-electron chi connectivity index (χ4n) is 2.34. The van der Waals surface area contributed by atoms with Crippen LogP contribution in [0, 0.1) is 11.3 Å². The summed E-state index contributed by atoms with van der Waals surface area (Å²) in [4.78, 5) is 11.7. The van der Waals surface area contributed by atoms with E-state index in [-0.39, 0.29) is 11.2 Å². The lowest BCUT2D eigenvalue weighted by atomic mass is 9.63. The van der Waals surface area contributed by atoms with E-state index in [2.05, 4.69) is 27.4 Å². The molecule has 0 aromatic heterocycles. The highest BCUT2D eigenvalue weighted by Crippen LogP contribution is 2.45. The second-order valence-electron chi connectivity index (χ2n) is 5.00. The van der Waals surface area contributed by atoms with E-state index in [1.54, 1.807) is 0 Å². The Hall–Kier alpha value is -0.850. The minimum Gasteiger partial charge on any atom is -0.295 e. The Labute approximate surface area is 86.9 Å². The van der Waals surface area contributed by atoms with E-state index < -0.39 is 0 Å². The van der Waals surface area contributed by atoms with Gasteiger partial charge in [0.2, 0.25) is 0 Å². The molecule has 1 nitrogen and oxygen atoms in total. The van der Waals surface area contributed by atoms with Crippen molar-refractivity contribution in [1.29, 1.82) is 0 Å². The molecule has 1 aliphatic carbocycles. The normalized spacial score (nSPS) is 26.6. The number of ketones is 1. The molecular weight excluding hydrogens is 172 g/mol. The fraction of sp³-hybridized carbons (Fsp3) is 0.615. The molecule has 0 aromatic rings. The summed E-state index contributed by atoms with van der Waals surface area (Å²) in [6.07, 6.45) is 0.630. The Morgan fingerprint density at radius 1 is 1.43 bits per heavy atom. The molecule has 0 bridgehead atoms. The van der Waals surface area contributed by atoms with E-state index in [0.717, 1.165) is 11.1 Å². The van der Waals surface area contributed by atoms with Gasteiger partial charge < -0.3 is 0 Å². The summed E-state index contributed by atoms with van der Waals surface area (Å²) in [5.74, 6) is 0.591. The molecule has 0 amide bonds. The molecule has 78 valence electrons. The van der Waals surface area contributed by atoms with Crippen LogP contribution in [0.25, 0.3) is 0 Å². The molecule has 0 aliphatic heterocycles. The topological polar surface area (TPSA) is 17.1 Å². The van der Waals surface area contributed by atoms with Crippen molar-refractivity contribution in [2.75, 3.05) is 0 Å². The number of hydrogen-bond acceptors (Lipinski definition) is 1. The van der Waals surface area contributed by atoms with Gasteiger partial charge in [-0.1, -0.05) is 31.6 Å². The first kappa shape index (κ1) is 11.2. The minimum atomic E-state index is 0.0871. The van der Waals surface area contributed by atoms with Crippen LogP contribution in [0.3, 0.4) is 0 Å². The summed E-state index contributed by atoms with van der Waals surface area (Å²) in [5.41, 5.74) is 3.38. The summed E-state index contributed by atoms with van der Waals surface area (Å²) < 4.78 is 0. The fourth-order valence-corrected chi connectivity index (χ4v) is 2.34. The summed E-state index contributed by atoms with van der Waals surface area (Å²) in [5, 5.41) is 0. The van der Waals surface area contributed by atoms with E-state index in [1.165, 1.54) is 5.57 Å². The SMILES string of the molecule is C=C(C)[C@@H]1CC(=O)C(C)=C(C)C1(C)C. The van der Waals surface area contributed by atoms with Crippen molar-refractivity contribution in [3.05, 3.63) is 23.3 Å². The van der Waals surface area contributed by atoms with Gasteiger partial charge in [-0.15, -0.1) is 0 Å². The molecule has 0 saturated carbocycles. The number of carbonyl (C=O) groups is 1. The van der Waals surface area contributed by atoms with Crippen LogP contribution in [-0.4, -0.2) is 5.78 Å². The second kappa shape index (κ2) is 3.38. The maximum Gasteiger partial charge on any atom is 0.159 e. The number of carbonyl (C=O) groups excluding carboxylic acids is 1. The van der Waals surface area contributed by atoms with Crippen LogP contribution in [0.2, 0.25) is 0 Å². The van der Waals surface area contributed by atoms with Crippen molar-refractivity contribution in [2.24, 2.45) is 11.3 Å². The lowest BCUT2D eigenvalue weighted by molar-refractivity contribution is -0.117. The molecule has 14 heavy (non-hydrogen) atoms. The predicted molar refractivity (Wildman–Crippen MR) is 60.1 cm³/mol. The van der Waals surface area contributed by atoms with Crippen molar-refractivity contribution in [3.8, 4) is 0 Å². The van der Waals surface area contributed by atoms with Crippen molar-refractivity contribution in [3.63, 3.8) is 0 Å². The van der Waals surface area contributed by atoms with Crippen LogP contribution >= 0.6 is 0 Å². The predicted octanol–water partition coefficient (Wildman–Crippen LogP) is 3.51. The maximum absolute atomic E-state index is 11.7. The van der Waals surface area contributed by atoms with E-state index in [0.29, 0.717) is 12.3 Å². The van der Waals surface area contributed by atoms with Gasteiger partial charge >= 0.3 is 0 Å². The molecule has 0 radical (unpaired) electrons. The number of Topliss-reactive ketones (excluding diaryl/α,β-unsaturated/α-hetero) is 1. The number of allylic oxidation sites excluding steroid dienone is 3. The zero-order valence-corrected chi connectivity index (χ0v) is 9.90. The summed E-state index contributed by atoms with van der Waals surface area (Å²) >= 11 is 0. The van der Waals surface area contributed by atoms with Gasteiger partial charge in [-0.2, -0.15) is 0 Å². The smallest absolute Gasteiger partial charge is 0.159 e. The standard InChI is InChI=1S/C13H20O/c1-8(2)11-7-12(14)9(3)10(4)13(11,5)6/h11H,1,7H2,2-6H3/t11-/m0/s1. The van der Waals surface area contributed by atoms with Crippen LogP contribution in [0.4, 0.5) is 0 Å². The molecule has 0 saturated heterocycles. The molecule has 1 rings (SSSR count). The number of rotatable bonds is 1. The third-order valence-corrected chi connectivity index (χ3v) is 3.80. The molecular formula is C13H20O. The second-order valence-corrected chi connectivity index (χ2v) is 5.00. The molecule has 0 N–H and O–H groups in total. The zero-order valence-electron chi connectivity index (χ0n) is 9.90. The van der Waals surface area contributed by atoms with E-state index in [4.69, 9.17) is 0 Å². The number of hydrogen-bond donors (Lipinski definition) is 0. The lowest BCUT2D eigenvalue weighted by Crippen LogP contribution is -2.34. The van der Waals surface area contributed by atoms with E-state index in [9.17, 15) is 4.79 Å². The molecule has 1 atom stereocenters. The zero-order chi connectivity index (χ0) is 11.1. The first-order chi connectivity index (χ1) is 6.28. The van der Waals surface area contributed by atoms with Crippen LogP contribution in [0.1, 0.15) is 41.0 Å². The highest BCUT2D eigenvalue weighted by Gasteiger charge is 2.38. The van der Waals surface area contributed by atoms with Crippen LogP contribution in [0.5, 0.6) is 0 Å². The molecule has 0 aromatic carbocycles. The van der Waals surface area contributed by atoms with Gasteiger partial charge in [-0.05, 0) is 37.7 Å². The molecule has 0 unspecified atom stereocenters. The summed E-state index contributed by atoms with van der Waals surface area (Å²) in [6.45, 7) is 14.4. The van der Waals surface area contributed by atoms with E-state index in [1.807, 2.05) is 13.8 Å². The molecule has 0 spiro atoms. The monoisotopic (exact) mass is 192 g/mol. The molecule has 1 aliphatic rings. The van der Waals surface area contributed by atoms with Gasteiger partial charge in [0.1, 0.15) is 0 Å². The molecule has 0 fully saturated rings. The third-order valence-electron chi connectivity index (χ3n) is 3.80. The van der Waals surface area contributed by atoms with Gasteiger partial charge in [0.25, 0.3) is 0 Å². The average molecular weight is 192 g/mol. The van der Waals surface area contributed by atoms with Crippen LogP contribution < -0.4 is 0 Å². The van der Waals surface area contributed by atoms with Crippen molar-refractivity contribution >= 4 is 5.78 Å². The van der Waals surface area contributed by atoms with Gasteiger partial charge in [0, 0.05) is 6.42 Å². The summed E-state index contributed by atoms with van der Waals surface area (Å²) in [6, 6.07) is 0. The van der Waals surface area contributed by atoms with Gasteiger partial charge in [-0.25, -0.2) is 0 Å². The van der Waals surface area contributed by atoms with Gasteiger partial charge in [-0.3, -0.25) is 4.79 Å². The average Bonchev–Trinajstić information content (AvgIpc) is 2.08. The van der Waals surface area contributed by atoms with Gasteiger partial charge in [0.15, 0.2) is 5.78 Å². The van der Waals surface area contributed by atoms with Crippen LogP contribution in [-0.2, 0) is 4.79 Å². The third kappa shape index (κ3) is 1.56. The quantitative estimate of drug-likeness (QED) is 0.581. The van der Waals surface area contributed by atoms with Crippen molar-refractivity contribution in [1.82, 2.24) is 0 Å². The maximum atomic E-state index is 11.7. The van der Waals surface area contributed by atoms with Crippen LogP contribution in [0.15, 0.2) is 23.3 Å². The lowest BCUT2D eigenvalue weighted by Gasteiger charge is -2.40. The Morgan fingerprint density at radius 2 is 1.93 bits per heavy atom. The Kier molecular flexibility index (Phi) is 2.71. The highest BCUT2D eigenvalue weighted by molar-refractivity contribution is 5.97. The molecule has 1 heteroatoms. The minimum absolute atomic E-state index is 0.0871. The highest BCUT2D eigenvalue weighted by atomic mass is 16.1. The van der Waals surface area contributed by atoms with E-state index >= 15 is 0 Å². The first-order valence-corrected chi connectivity index (χ1v) is 5.15. The first-order valence-electron chi connectivity index (χ1n) is 5.15.